The van der Waals surface area contributed by atoms with Crippen LogP contribution in [0.5, 0.6) is 0 Å². The Labute approximate surface area is 206 Å². The number of nitrogens with one attached hydrogen (secondary N) is 1. The highest BCUT2D eigenvalue weighted by Crippen LogP contribution is 2.22. The van der Waals surface area contributed by atoms with Crippen LogP contribution < -0.4 is 5.32 Å². The van der Waals surface area contributed by atoms with Gasteiger partial charge in [-0.1, -0.05) is 96.2 Å². The molecule has 1 N–H and O–H groups in total. The monoisotopic (exact) mass is 466 g/mol. The van der Waals surface area contributed by atoms with Crippen molar-refractivity contribution in [2.45, 2.75) is 12.6 Å². The lowest BCUT2D eigenvalue weighted by Crippen LogP contribution is -2.50. The Morgan fingerprint density at radius 1 is 0.829 bits per heavy atom. The van der Waals surface area contributed by atoms with Gasteiger partial charge in [0.2, 0.25) is 5.91 Å². The molecule has 5 rings (SSSR count). The number of nitrogens with zero attached hydrogens (tertiary/aromatic N) is 3. The third-order valence-electron chi connectivity index (χ3n) is 6.46. The number of piperazine rings is 1. The van der Waals surface area contributed by atoms with Crippen LogP contribution >= 0.6 is 0 Å². The maximum Gasteiger partial charge on any atom is 0.236 e. The Bertz CT molecular complexity index is 1160. The number of carbonyl (C=O) groups excluding carboxylic acids is 1. The van der Waals surface area contributed by atoms with E-state index in [4.69, 9.17) is 4.52 Å². The average molecular weight is 467 g/mol. The average Bonchev–Trinajstić information content (AvgIpc) is 3.39. The minimum absolute atomic E-state index is 0.0205. The van der Waals surface area contributed by atoms with Crippen LogP contribution in [0.25, 0.3) is 11.3 Å². The van der Waals surface area contributed by atoms with Crippen LogP contribution in [0.3, 0.4) is 0 Å². The Hall–Kier alpha value is -3.74. The molecule has 2 heterocycles. The maximum atomic E-state index is 13.0. The lowest BCUT2D eigenvalue weighted by Gasteiger charge is -2.34. The zero-order chi connectivity index (χ0) is 23.9. The van der Waals surface area contributed by atoms with E-state index in [0.29, 0.717) is 26.2 Å². The molecule has 1 aromatic heterocycles. The highest BCUT2D eigenvalue weighted by Gasteiger charge is 2.23. The number of carbonyl (C=O) groups is 1. The quantitative estimate of drug-likeness (QED) is 0.418. The van der Waals surface area contributed by atoms with Gasteiger partial charge in [0.05, 0.1) is 19.1 Å². The minimum Gasteiger partial charge on any atom is -0.359 e. The van der Waals surface area contributed by atoms with Crippen molar-refractivity contribution in [1.82, 2.24) is 20.3 Å². The van der Waals surface area contributed by atoms with E-state index in [1.54, 1.807) is 0 Å². The van der Waals surface area contributed by atoms with Crippen molar-refractivity contribution in [2.24, 2.45) is 0 Å². The Morgan fingerprint density at radius 3 is 2.00 bits per heavy atom. The Balaban J connectivity index is 1.13. The summed E-state index contributed by atoms with van der Waals surface area (Å²) in [7, 11) is 0. The summed E-state index contributed by atoms with van der Waals surface area (Å²) in [4.78, 5) is 17.3. The third kappa shape index (κ3) is 5.85. The summed E-state index contributed by atoms with van der Waals surface area (Å²) in [5.41, 5.74) is 4.21. The topological polar surface area (TPSA) is 61.6 Å². The molecule has 0 spiro atoms. The molecule has 0 bridgehead atoms. The second kappa shape index (κ2) is 11.1. The van der Waals surface area contributed by atoms with Gasteiger partial charge in [-0.25, -0.2) is 0 Å². The van der Waals surface area contributed by atoms with Gasteiger partial charge >= 0.3 is 0 Å². The first kappa shape index (κ1) is 23.0. The van der Waals surface area contributed by atoms with Gasteiger partial charge in [0.25, 0.3) is 0 Å². The predicted molar refractivity (Wildman–Crippen MR) is 137 cm³/mol. The SMILES string of the molecule is O=C(CNC(c1ccccc1)c1ccccc1)N1CCN(Cc2cc(-c3ccccc3)no2)CC1. The van der Waals surface area contributed by atoms with Crippen molar-refractivity contribution >= 4 is 5.91 Å². The summed E-state index contributed by atoms with van der Waals surface area (Å²) in [6.07, 6.45) is 0. The molecule has 6 nitrogen and oxygen atoms in total. The fraction of sp³-hybridized carbons (Fsp3) is 0.241. The third-order valence-corrected chi connectivity index (χ3v) is 6.46. The molecule has 1 aliphatic heterocycles. The van der Waals surface area contributed by atoms with Crippen LogP contribution in [-0.2, 0) is 11.3 Å². The number of amides is 1. The molecule has 1 fully saturated rings. The Kier molecular flexibility index (Phi) is 7.32. The largest absolute Gasteiger partial charge is 0.359 e. The normalized spacial score (nSPS) is 14.4. The second-order valence-corrected chi connectivity index (χ2v) is 8.84. The van der Waals surface area contributed by atoms with Gasteiger partial charge in [-0.3, -0.25) is 15.0 Å². The van der Waals surface area contributed by atoms with Gasteiger partial charge in [-0.05, 0) is 11.1 Å². The van der Waals surface area contributed by atoms with Gasteiger partial charge in [0.15, 0.2) is 5.76 Å². The number of benzene rings is 3. The van der Waals surface area contributed by atoms with E-state index in [1.165, 1.54) is 0 Å². The maximum absolute atomic E-state index is 13.0. The van der Waals surface area contributed by atoms with E-state index >= 15 is 0 Å². The molecule has 6 heteroatoms. The predicted octanol–water partition coefficient (Wildman–Crippen LogP) is 4.37. The summed E-state index contributed by atoms with van der Waals surface area (Å²) in [6.45, 7) is 4.05. The van der Waals surface area contributed by atoms with Crippen molar-refractivity contribution in [3.05, 3.63) is 114 Å². The molecule has 1 amide bonds. The van der Waals surface area contributed by atoms with E-state index in [9.17, 15) is 4.79 Å². The summed E-state index contributed by atoms with van der Waals surface area (Å²) >= 11 is 0. The van der Waals surface area contributed by atoms with Gasteiger partial charge in [-0.15, -0.1) is 0 Å². The van der Waals surface area contributed by atoms with Gasteiger partial charge in [0.1, 0.15) is 5.69 Å². The van der Waals surface area contributed by atoms with Crippen molar-refractivity contribution in [1.29, 1.82) is 0 Å². The molecule has 0 saturated carbocycles. The van der Waals surface area contributed by atoms with Crippen LogP contribution in [0.4, 0.5) is 0 Å². The van der Waals surface area contributed by atoms with E-state index < -0.39 is 0 Å². The lowest BCUT2D eigenvalue weighted by atomic mass is 9.99. The molecular formula is C29H30N4O2. The van der Waals surface area contributed by atoms with Crippen molar-refractivity contribution in [3.8, 4) is 11.3 Å². The number of hydrogen-bond donors (Lipinski definition) is 1. The zero-order valence-electron chi connectivity index (χ0n) is 19.7. The van der Waals surface area contributed by atoms with Crippen LogP contribution in [-0.4, -0.2) is 53.6 Å². The molecule has 35 heavy (non-hydrogen) atoms. The van der Waals surface area contributed by atoms with E-state index in [2.05, 4.69) is 39.6 Å². The lowest BCUT2D eigenvalue weighted by molar-refractivity contribution is -0.132. The fourth-order valence-corrected chi connectivity index (χ4v) is 4.53. The van der Waals surface area contributed by atoms with Gasteiger partial charge < -0.3 is 9.42 Å². The molecule has 178 valence electrons. The zero-order valence-corrected chi connectivity index (χ0v) is 19.7. The summed E-state index contributed by atoms with van der Waals surface area (Å²) in [6, 6.07) is 32.6. The highest BCUT2D eigenvalue weighted by atomic mass is 16.5. The molecule has 0 unspecified atom stereocenters. The van der Waals surface area contributed by atoms with Crippen LogP contribution in [0.2, 0.25) is 0 Å². The number of hydrogen-bond acceptors (Lipinski definition) is 5. The molecule has 1 saturated heterocycles. The minimum atomic E-state index is -0.0205. The van der Waals surface area contributed by atoms with E-state index in [1.807, 2.05) is 77.7 Å². The van der Waals surface area contributed by atoms with Crippen LogP contribution in [0, 0.1) is 0 Å². The van der Waals surface area contributed by atoms with Gasteiger partial charge in [0, 0.05) is 37.8 Å². The van der Waals surface area contributed by atoms with Crippen LogP contribution in [0.15, 0.2) is 102 Å². The highest BCUT2D eigenvalue weighted by molar-refractivity contribution is 5.78. The standard InChI is InChI=1S/C29H30N4O2/c34-28(21-30-29(24-12-6-2-7-13-24)25-14-8-3-9-15-25)33-18-16-32(17-19-33)22-26-20-27(31-35-26)23-10-4-1-5-11-23/h1-15,20,29-30H,16-19,21-22H2. The fourth-order valence-electron chi connectivity index (χ4n) is 4.53. The first-order chi connectivity index (χ1) is 17.3. The first-order valence-electron chi connectivity index (χ1n) is 12.1. The molecule has 1 aliphatic rings. The molecular weight excluding hydrogens is 436 g/mol. The summed E-state index contributed by atoms with van der Waals surface area (Å²) < 4.78 is 5.56. The molecule has 3 aromatic carbocycles. The molecule has 0 radical (unpaired) electrons. The van der Waals surface area contributed by atoms with Crippen molar-refractivity contribution in [2.75, 3.05) is 32.7 Å². The summed E-state index contributed by atoms with van der Waals surface area (Å²) in [5.74, 6) is 0.978. The van der Waals surface area contributed by atoms with Gasteiger partial charge in [-0.2, -0.15) is 0 Å². The van der Waals surface area contributed by atoms with E-state index in [0.717, 1.165) is 41.2 Å². The Morgan fingerprint density at radius 2 is 1.40 bits per heavy atom. The summed E-state index contributed by atoms with van der Waals surface area (Å²) in [5, 5.41) is 7.70. The molecule has 0 atom stereocenters. The van der Waals surface area contributed by atoms with Crippen molar-refractivity contribution in [3.63, 3.8) is 0 Å². The van der Waals surface area contributed by atoms with E-state index in [-0.39, 0.29) is 11.9 Å². The first-order valence-corrected chi connectivity index (χ1v) is 12.1. The van der Waals surface area contributed by atoms with Crippen molar-refractivity contribution < 1.29 is 9.32 Å². The number of aromatic nitrogens is 1. The molecule has 4 aromatic rings. The molecule has 0 aliphatic carbocycles. The number of rotatable bonds is 8. The second-order valence-electron chi connectivity index (χ2n) is 8.84. The smallest absolute Gasteiger partial charge is 0.236 e. The van der Waals surface area contributed by atoms with Crippen LogP contribution in [0.1, 0.15) is 22.9 Å².